The van der Waals surface area contributed by atoms with Crippen molar-refractivity contribution < 1.29 is 23.1 Å². The molecule has 0 aromatic heterocycles. The lowest BCUT2D eigenvalue weighted by atomic mass is 10.0. The molecule has 2 fully saturated rings. The number of fused-ring (bicyclic) bond motifs is 1. The van der Waals surface area contributed by atoms with Crippen LogP contribution in [0.15, 0.2) is 23.1 Å². The second-order valence-corrected chi connectivity index (χ2v) is 7.67. The molecule has 2 aliphatic rings. The van der Waals surface area contributed by atoms with Crippen LogP contribution in [0.25, 0.3) is 0 Å². The van der Waals surface area contributed by atoms with Crippen molar-refractivity contribution in [1.29, 1.82) is 0 Å². The van der Waals surface area contributed by atoms with Gasteiger partial charge in [0.1, 0.15) is 0 Å². The Morgan fingerprint density at radius 1 is 1.29 bits per heavy atom. The molecule has 2 aliphatic heterocycles. The van der Waals surface area contributed by atoms with E-state index in [1.807, 2.05) is 0 Å². The fourth-order valence-corrected chi connectivity index (χ4v) is 4.87. The highest BCUT2D eigenvalue weighted by molar-refractivity contribution is 7.89. The fourth-order valence-electron chi connectivity index (χ4n) is 2.87. The van der Waals surface area contributed by atoms with Gasteiger partial charge in [-0.25, -0.2) is 13.2 Å². The van der Waals surface area contributed by atoms with E-state index in [-0.39, 0.29) is 27.3 Å². The van der Waals surface area contributed by atoms with Crippen LogP contribution in [0.5, 0.6) is 0 Å². The molecule has 0 aliphatic carbocycles. The van der Waals surface area contributed by atoms with Gasteiger partial charge in [-0.05, 0) is 18.2 Å². The van der Waals surface area contributed by atoms with Gasteiger partial charge in [0.05, 0.1) is 23.7 Å². The average Bonchev–Trinajstić information content (AvgIpc) is 2.98. The fraction of sp³-hybridized carbons (Fsp3) is 0.462. The molecule has 0 saturated carbocycles. The third-order valence-electron chi connectivity index (χ3n) is 4.00. The number of sulfonamides is 1. The minimum Gasteiger partial charge on any atom is -0.478 e. The van der Waals surface area contributed by atoms with Gasteiger partial charge in [-0.2, -0.15) is 4.31 Å². The van der Waals surface area contributed by atoms with Crippen LogP contribution in [-0.2, 0) is 14.8 Å². The second-order valence-electron chi connectivity index (χ2n) is 5.33. The molecule has 1 N–H and O–H groups in total. The smallest absolute Gasteiger partial charge is 0.337 e. The quantitative estimate of drug-likeness (QED) is 0.902. The molecule has 21 heavy (non-hydrogen) atoms. The summed E-state index contributed by atoms with van der Waals surface area (Å²) in [5.41, 5.74) is -0.257. The van der Waals surface area contributed by atoms with Crippen LogP contribution in [0, 0.1) is 11.8 Å². The molecule has 6 nitrogen and oxygen atoms in total. The van der Waals surface area contributed by atoms with E-state index >= 15 is 0 Å². The summed E-state index contributed by atoms with van der Waals surface area (Å²) in [6, 6.07) is 3.79. The Balaban J connectivity index is 1.99. The van der Waals surface area contributed by atoms with E-state index in [9.17, 15) is 18.3 Å². The average molecular weight is 332 g/mol. The Hall–Kier alpha value is -1.15. The number of ether oxygens (including phenoxy) is 1. The summed E-state index contributed by atoms with van der Waals surface area (Å²) in [6.45, 7) is 1.83. The first-order valence-corrected chi connectivity index (χ1v) is 8.32. The zero-order valence-corrected chi connectivity index (χ0v) is 12.6. The van der Waals surface area contributed by atoms with Crippen LogP contribution in [0.4, 0.5) is 0 Å². The van der Waals surface area contributed by atoms with Crippen LogP contribution < -0.4 is 0 Å². The van der Waals surface area contributed by atoms with Gasteiger partial charge >= 0.3 is 5.97 Å². The van der Waals surface area contributed by atoms with E-state index in [2.05, 4.69) is 0 Å². The van der Waals surface area contributed by atoms with Crippen molar-refractivity contribution in [2.75, 3.05) is 26.3 Å². The lowest BCUT2D eigenvalue weighted by Crippen LogP contribution is -2.31. The third-order valence-corrected chi connectivity index (χ3v) is 6.11. The van der Waals surface area contributed by atoms with Gasteiger partial charge in [-0.3, -0.25) is 0 Å². The molecule has 1 aromatic rings. The molecule has 8 heteroatoms. The number of aromatic carboxylic acids is 1. The number of hydrogen-bond donors (Lipinski definition) is 1. The van der Waals surface area contributed by atoms with Crippen LogP contribution in [0.3, 0.4) is 0 Å². The molecular weight excluding hydrogens is 318 g/mol. The minimum absolute atomic E-state index is 0.187. The number of carbonyl (C=O) groups is 1. The van der Waals surface area contributed by atoms with Gasteiger partial charge in [0.15, 0.2) is 0 Å². The van der Waals surface area contributed by atoms with Crippen LogP contribution in [-0.4, -0.2) is 50.1 Å². The molecular formula is C13H14ClNO5S. The van der Waals surface area contributed by atoms with Gasteiger partial charge in [0, 0.05) is 29.9 Å². The largest absolute Gasteiger partial charge is 0.478 e. The van der Waals surface area contributed by atoms with Gasteiger partial charge in [0.25, 0.3) is 0 Å². The monoisotopic (exact) mass is 331 g/mol. The van der Waals surface area contributed by atoms with Crippen LogP contribution in [0.2, 0.25) is 5.02 Å². The van der Waals surface area contributed by atoms with Crippen molar-refractivity contribution in [1.82, 2.24) is 4.31 Å². The number of rotatable bonds is 3. The molecule has 0 spiro atoms. The first kappa shape index (κ1) is 14.8. The minimum atomic E-state index is -3.87. The molecule has 2 saturated heterocycles. The summed E-state index contributed by atoms with van der Waals surface area (Å²) < 4.78 is 32.1. The SMILES string of the molecule is O=C(O)c1ccc(Cl)cc1S(=O)(=O)N1C[C@H]2COC[C@H]2C1. The number of benzene rings is 1. The van der Waals surface area contributed by atoms with Gasteiger partial charge < -0.3 is 9.84 Å². The topological polar surface area (TPSA) is 83.9 Å². The molecule has 0 amide bonds. The van der Waals surface area contributed by atoms with E-state index in [1.54, 1.807) is 0 Å². The molecule has 114 valence electrons. The summed E-state index contributed by atoms with van der Waals surface area (Å²) in [5.74, 6) is -0.910. The molecule has 0 radical (unpaired) electrons. The Labute approximate surface area is 127 Å². The van der Waals surface area contributed by atoms with Crippen molar-refractivity contribution in [2.45, 2.75) is 4.90 Å². The zero-order valence-electron chi connectivity index (χ0n) is 11.0. The molecule has 0 bridgehead atoms. The van der Waals surface area contributed by atoms with Gasteiger partial charge in [0.2, 0.25) is 10.0 Å². The predicted octanol–water partition coefficient (Wildman–Crippen LogP) is 1.31. The van der Waals surface area contributed by atoms with E-state index in [0.29, 0.717) is 26.3 Å². The maximum absolute atomic E-state index is 12.7. The van der Waals surface area contributed by atoms with Gasteiger partial charge in [-0.15, -0.1) is 0 Å². The zero-order chi connectivity index (χ0) is 15.2. The van der Waals surface area contributed by atoms with E-state index in [4.69, 9.17) is 16.3 Å². The standard InChI is InChI=1S/C13H14ClNO5S/c14-10-1-2-11(13(16)17)12(3-10)21(18,19)15-4-8-6-20-7-9(8)5-15/h1-3,8-9H,4-7H2,(H,16,17)/t8-,9+. The van der Waals surface area contributed by atoms with Crippen molar-refractivity contribution in [3.8, 4) is 0 Å². The summed E-state index contributed by atoms with van der Waals surface area (Å²) in [7, 11) is -3.87. The Morgan fingerprint density at radius 2 is 1.90 bits per heavy atom. The second kappa shape index (κ2) is 5.24. The maximum Gasteiger partial charge on any atom is 0.337 e. The summed E-state index contributed by atoms with van der Waals surface area (Å²) in [4.78, 5) is 11.0. The molecule has 1 aromatic carbocycles. The van der Waals surface area contributed by atoms with Crippen molar-refractivity contribution >= 4 is 27.6 Å². The Kier molecular flexibility index (Phi) is 3.69. The Bertz CT molecular complexity index is 678. The lowest BCUT2D eigenvalue weighted by Gasteiger charge is -2.18. The predicted molar refractivity (Wildman–Crippen MR) is 75.0 cm³/mol. The van der Waals surface area contributed by atoms with Crippen molar-refractivity contribution in [3.63, 3.8) is 0 Å². The highest BCUT2D eigenvalue weighted by Gasteiger charge is 2.43. The summed E-state index contributed by atoms with van der Waals surface area (Å²) in [6.07, 6.45) is 0. The first-order chi connectivity index (χ1) is 9.89. The molecule has 2 heterocycles. The van der Waals surface area contributed by atoms with E-state index < -0.39 is 16.0 Å². The first-order valence-electron chi connectivity index (χ1n) is 6.50. The van der Waals surface area contributed by atoms with Crippen molar-refractivity contribution in [2.24, 2.45) is 11.8 Å². The van der Waals surface area contributed by atoms with E-state index in [1.165, 1.54) is 22.5 Å². The summed E-state index contributed by atoms with van der Waals surface area (Å²) in [5, 5.41) is 9.37. The summed E-state index contributed by atoms with van der Waals surface area (Å²) >= 11 is 5.83. The number of nitrogens with zero attached hydrogens (tertiary/aromatic N) is 1. The number of halogens is 1. The van der Waals surface area contributed by atoms with Crippen molar-refractivity contribution in [3.05, 3.63) is 28.8 Å². The van der Waals surface area contributed by atoms with Crippen LogP contribution >= 0.6 is 11.6 Å². The maximum atomic E-state index is 12.7. The highest BCUT2D eigenvalue weighted by atomic mass is 35.5. The highest BCUT2D eigenvalue weighted by Crippen LogP contribution is 2.34. The number of carboxylic acids is 1. The number of hydrogen-bond acceptors (Lipinski definition) is 4. The number of carboxylic acid groups (broad SMARTS) is 1. The lowest BCUT2D eigenvalue weighted by molar-refractivity contribution is 0.0692. The normalized spacial score (nSPS) is 26.0. The van der Waals surface area contributed by atoms with E-state index in [0.717, 1.165) is 0 Å². The molecule has 0 unspecified atom stereocenters. The molecule has 3 rings (SSSR count). The third kappa shape index (κ3) is 2.55. The Morgan fingerprint density at radius 3 is 2.48 bits per heavy atom. The van der Waals surface area contributed by atoms with Gasteiger partial charge in [-0.1, -0.05) is 11.6 Å². The molecule has 2 atom stereocenters. The van der Waals surface area contributed by atoms with Crippen LogP contribution in [0.1, 0.15) is 10.4 Å².